The summed E-state index contributed by atoms with van der Waals surface area (Å²) >= 11 is 0. The highest BCUT2D eigenvalue weighted by atomic mass is 16.7. The summed E-state index contributed by atoms with van der Waals surface area (Å²) in [5.41, 5.74) is 1.29. The zero-order chi connectivity index (χ0) is 27.8. The van der Waals surface area contributed by atoms with Crippen LogP contribution in [0.2, 0.25) is 0 Å². The molecule has 0 saturated carbocycles. The van der Waals surface area contributed by atoms with E-state index in [9.17, 15) is 25.0 Å². The Morgan fingerprint density at radius 3 is 1.29 bits per heavy atom. The third-order valence-corrected chi connectivity index (χ3v) is 6.57. The Hall–Kier alpha value is -3.49. The van der Waals surface area contributed by atoms with Crippen molar-refractivity contribution in [1.29, 1.82) is 0 Å². The van der Waals surface area contributed by atoms with Crippen LogP contribution in [0.3, 0.4) is 0 Å². The summed E-state index contributed by atoms with van der Waals surface area (Å²) in [5, 5.41) is 22.1. The van der Waals surface area contributed by atoms with Crippen LogP contribution in [0.1, 0.15) is 114 Å². The van der Waals surface area contributed by atoms with Crippen LogP contribution in [-0.2, 0) is 9.47 Å². The molecule has 0 aromatic heterocycles. The predicted octanol–water partition coefficient (Wildman–Crippen LogP) is 9.16. The van der Waals surface area contributed by atoms with Crippen LogP contribution < -0.4 is 0 Å². The van der Waals surface area contributed by atoms with E-state index in [-0.39, 0.29) is 11.4 Å². The van der Waals surface area contributed by atoms with Crippen LogP contribution in [-0.4, -0.2) is 16.0 Å². The van der Waals surface area contributed by atoms with Crippen molar-refractivity contribution < 1.29 is 24.1 Å². The van der Waals surface area contributed by atoms with Gasteiger partial charge >= 0.3 is 6.16 Å². The lowest BCUT2D eigenvalue weighted by atomic mass is 10.0. The van der Waals surface area contributed by atoms with Crippen molar-refractivity contribution in [1.82, 2.24) is 0 Å². The average molecular weight is 529 g/mol. The number of unbranched alkanes of at least 4 members (excludes halogenated alkanes) is 8. The second kappa shape index (κ2) is 17.1. The van der Waals surface area contributed by atoms with Crippen molar-refractivity contribution >= 4 is 17.5 Å². The quantitative estimate of drug-likeness (QED) is 0.0817. The van der Waals surface area contributed by atoms with Crippen LogP contribution in [0.15, 0.2) is 48.5 Å². The summed E-state index contributed by atoms with van der Waals surface area (Å²) in [5.74, 6) is 0. The van der Waals surface area contributed by atoms with E-state index in [4.69, 9.17) is 9.47 Å². The van der Waals surface area contributed by atoms with Gasteiger partial charge in [0.15, 0.2) is 0 Å². The standard InChI is InChI=1S/C29H40N2O7/c1-3-5-7-9-11-13-27(23-15-19-25(20-16-23)30(33)34)37-29(32)38-28(14-12-10-8-6-4-2)24-17-21-26(22-18-24)31(35)36/h15-22,27-28H,3-14H2,1-2H3. The SMILES string of the molecule is CCCCCCCC(OC(=O)OC(CCCCCCC)c1ccc([N+](=O)[O-])cc1)c1ccc([N+](=O)[O-])cc1. The fourth-order valence-corrected chi connectivity index (χ4v) is 4.34. The maximum atomic E-state index is 13.0. The Morgan fingerprint density at radius 2 is 0.974 bits per heavy atom. The molecule has 0 spiro atoms. The Kier molecular flexibility index (Phi) is 13.8. The minimum absolute atomic E-state index is 0.0284. The largest absolute Gasteiger partial charge is 0.509 e. The van der Waals surface area contributed by atoms with E-state index in [2.05, 4.69) is 13.8 Å². The molecule has 0 amide bonds. The summed E-state index contributed by atoms with van der Waals surface area (Å²) in [6.07, 6.45) is 9.55. The molecule has 208 valence electrons. The maximum absolute atomic E-state index is 13.0. The molecule has 0 aliphatic rings. The number of carbonyl (C=O) groups is 1. The molecule has 2 atom stereocenters. The molecule has 2 unspecified atom stereocenters. The van der Waals surface area contributed by atoms with E-state index in [1.807, 2.05) is 0 Å². The van der Waals surface area contributed by atoms with Crippen LogP contribution in [0.5, 0.6) is 0 Å². The molecule has 2 aromatic rings. The fourth-order valence-electron chi connectivity index (χ4n) is 4.34. The Balaban J connectivity index is 2.13. The first kappa shape index (κ1) is 30.7. The molecular weight excluding hydrogens is 488 g/mol. The lowest BCUT2D eigenvalue weighted by Gasteiger charge is -2.22. The normalized spacial score (nSPS) is 12.5. The van der Waals surface area contributed by atoms with Crippen molar-refractivity contribution in [2.45, 2.75) is 103 Å². The number of non-ortho nitro benzene ring substituents is 2. The number of carbonyl (C=O) groups excluding carboxylic acids is 1. The zero-order valence-electron chi connectivity index (χ0n) is 22.5. The lowest BCUT2D eigenvalue weighted by molar-refractivity contribution is -0.385. The van der Waals surface area contributed by atoms with Crippen LogP contribution >= 0.6 is 0 Å². The molecule has 0 radical (unpaired) electrons. The van der Waals surface area contributed by atoms with Crippen molar-refractivity contribution in [3.05, 3.63) is 79.9 Å². The number of nitro benzene ring substituents is 2. The van der Waals surface area contributed by atoms with Gasteiger partial charge in [0.25, 0.3) is 11.4 Å². The Bertz CT molecular complexity index is 913. The summed E-state index contributed by atoms with van der Waals surface area (Å²) < 4.78 is 11.5. The zero-order valence-corrected chi connectivity index (χ0v) is 22.5. The highest BCUT2D eigenvalue weighted by Gasteiger charge is 2.23. The van der Waals surface area contributed by atoms with E-state index < -0.39 is 28.2 Å². The molecule has 38 heavy (non-hydrogen) atoms. The van der Waals surface area contributed by atoms with Crippen LogP contribution in [0, 0.1) is 20.2 Å². The number of rotatable bonds is 18. The van der Waals surface area contributed by atoms with E-state index in [0.717, 1.165) is 64.2 Å². The van der Waals surface area contributed by atoms with Gasteiger partial charge in [0.2, 0.25) is 0 Å². The minimum Gasteiger partial charge on any atom is -0.426 e. The van der Waals surface area contributed by atoms with Crippen molar-refractivity contribution in [3.8, 4) is 0 Å². The highest BCUT2D eigenvalue weighted by molar-refractivity contribution is 5.61. The molecule has 2 aromatic carbocycles. The van der Waals surface area contributed by atoms with E-state index in [1.54, 1.807) is 24.3 Å². The summed E-state index contributed by atoms with van der Waals surface area (Å²) in [4.78, 5) is 34.1. The molecule has 0 bridgehead atoms. The van der Waals surface area contributed by atoms with E-state index in [1.165, 1.54) is 24.3 Å². The maximum Gasteiger partial charge on any atom is 0.509 e. The second-order valence-corrected chi connectivity index (χ2v) is 9.57. The molecule has 0 N–H and O–H groups in total. The topological polar surface area (TPSA) is 122 Å². The Morgan fingerprint density at radius 1 is 0.632 bits per heavy atom. The second-order valence-electron chi connectivity index (χ2n) is 9.57. The number of hydrogen-bond donors (Lipinski definition) is 0. The van der Waals surface area contributed by atoms with Gasteiger partial charge in [-0.1, -0.05) is 65.2 Å². The van der Waals surface area contributed by atoms with Crippen LogP contribution in [0.4, 0.5) is 16.2 Å². The van der Waals surface area contributed by atoms with Gasteiger partial charge in [0.1, 0.15) is 12.2 Å². The lowest BCUT2D eigenvalue weighted by Crippen LogP contribution is -2.17. The molecule has 0 heterocycles. The monoisotopic (exact) mass is 528 g/mol. The molecular formula is C29H40N2O7. The average Bonchev–Trinajstić information content (AvgIpc) is 2.91. The predicted molar refractivity (Wildman–Crippen MR) is 146 cm³/mol. The number of ether oxygens (including phenoxy) is 2. The van der Waals surface area contributed by atoms with Gasteiger partial charge < -0.3 is 9.47 Å². The van der Waals surface area contributed by atoms with Gasteiger partial charge in [0.05, 0.1) is 9.85 Å². The molecule has 9 heteroatoms. The Labute approximate surface area is 224 Å². The third kappa shape index (κ3) is 10.9. The van der Waals surface area contributed by atoms with E-state index in [0.29, 0.717) is 24.0 Å². The number of benzene rings is 2. The van der Waals surface area contributed by atoms with Gasteiger partial charge in [-0.15, -0.1) is 0 Å². The van der Waals surface area contributed by atoms with Gasteiger partial charge in [-0.2, -0.15) is 0 Å². The van der Waals surface area contributed by atoms with Crippen molar-refractivity contribution in [3.63, 3.8) is 0 Å². The van der Waals surface area contributed by atoms with Crippen molar-refractivity contribution in [2.24, 2.45) is 0 Å². The summed E-state index contributed by atoms with van der Waals surface area (Å²) in [6, 6.07) is 12.1. The van der Waals surface area contributed by atoms with E-state index >= 15 is 0 Å². The fraction of sp³-hybridized carbons (Fsp3) is 0.552. The summed E-state index contributed by atoms with van der Waals surface area (Å²) in [7, 11) is 0. The molecule has 2 rings (SSSR count). The number of hydrogen-bond acceptors (Lipinski definition) is 7. The van der Waals surface area contributed by atoms with Crippen LogP contribution in [0.25, 0.3) is 0 Å². The third-order valence-electron chi connectivity index (χ3n) is 6.57. The number of nitrogens with zero attached hydrogens (tertiary/aromatic N) is 2. The minimum atomic E-state index is -0.821. The van der Waals surface area contributed by atoms with Gasteiger partial charge in [-0.05, 0) is 61.1 Å². The molecule has 0 saturated heterocycles. The molecule has 0 aliphatic heterocycles. The first-order chi connectivity index (χ1) is 18.3. The van der Waals surface area contributed by atoms with Gasteiger partial charge in [-0.3, -0.25) is 20.2 Å². The first-order valence-electron chi connectivity index (χ1n) is 13.7. The van der Waals surface area contributed by atoms with Gasteiger partial charge in [-0.25, -0.2) is 4.79 Å². The van der Waals surface area contributed by atoms with Crippen molar-refractivity contribution in [2.75, 3.05) is 0 Å². The first-order valence-corrected chi connectivity index (χ1v) is 13.7. The molecule has 0 fully saturated rings. The molecule has 9 nitrogen and oxygen atoms in total. The number of nitro groups is 2. The summed E-state index contributed by atoms with van der Waals surface area (Å²) in [6.45, 7) is 4.29. The molecule has 0 aliphatic carbocycles. The highest BCUT2D eigenvalue weighted by Crippen LogP contribution is 2.30. The smallest absolute Gasteiger partial charge is 0.426 e. The van der Waals surface area contributed by atoms with Gasteiger partial charge in [0, 0.05) is 24.3 Å².